The Labute approximate surface area is 82.8 Å². The van der Waals surface area contributed by atoms with Crippen molar-refractivity contribution in [2.45, 2.75) is 12.8 Å². The van der Waals surface area contributed by atoms with Crippen molar-refractivity contribution in [2.24, 2.45) is 0 Å². The molecule has 0 saturated heterocycles. The number of hydrogen-bond donors (Lipinski definition) is 1. The lowest BCUT2D eigenvalue weighted by atomic mass is 10.2. The fourth-order valence-electron chi connectivity index (χ4n) is 1.02. The van der Waals surface area contributed by atoms with E-state index in [1.165, 1.54) is 0 Å². The van der Waals surface area contributed by atoms with Crippen molar-refractivity contribution >= 4 is 5.69 Å². The van der Waals surface area contributed by atoms with Gasteiger partial charge in [-0.2, -0.15) is 10.5 Å². The molecule has 0 saturated carbocycles. The Morgan fingerprint density at radius 1 is 1.43 bits per heavy atom. The maximum absolute atomic E-state index is 8.75. The van der Waals surface area contributed by atoms with Gasteiger partial charge in [0.2, 0.25) is 0 Å². The molecule has 0 fully saturated rings. The first kappa shape index (κ1) is 10.0. The van der Waals surface area contributed by atoms with Gasteiger partial charge >= 0.3 is 0 Å². The largest absolute Gasteiger partial charge is 0.383 e. The summed E-state index contributed by atoms with van der Waals surface area (Å²) in [5.74, 6) is 0. The van der Waals surface area contributed by atoms with Gasteiger partial charge in [0.1, 0.15) is 6.07 Å². The molecule has 0 amide bonds. The summed E-state index contributed by atoms with van der Waals surface area (Å²) in [4.78, 5) is 3.91. The minimum atomic E-state index is 0.523. The van der Waals surface area contributed by atoms with Crippen LogP contribution in [0.15, 0.2) is 18.5 Å². The second kappa shape index (κ2) is 5.55. The minimum absolute atomic E-state index is 0.523. The van der Waals surface area contributed by atoms with Gasteiger partial charge in [-0.05, 0) is 12.5 Å². The maximum atomic E-state index is 8.75. The number of unbranched alkanes of at least 4 members (excludes halogenated alkanes) is 1. The molecular formula is C10H10N4. The van der Waals surface area contributed by atoms with Crippen molar-refractivity contribution in [1.82, 2.24) is 4.98 Å². The van der Waals surface area contributed by atoms with E-state index >= 15 is 0 Å². The zero-order chi connectivity index (χ0) is 10.2. The number of aromatic nitrogens is 1. The van der Waals surface area contributed by atoms with E-state index in [9.17, 15) is 0 Å². The average Bonchev–Trinajstić information content (AvgIpc) is 2.25. The molecule has 0 aliphatic carbocycles. The lowest BCUT2D eigenvalue weighted by Gasteiger charge is -2.05. The van der Waals surface area contributed by atoms with E-state index in [-0.39, 0.29) is 0 Å². The fourth-order valence-corrected chi connectivity index (χ4v) is 1.02. The van der Waals surface area contributed by atoms with Gasteiger partial charge in [0.25, 0.3) is 0 Å². The quantitative estimate of drug-likeness (QED) is 0.726. The van der Waals surface area contributed by atoms with Crippen molar-refractivity contribution in [3.8, 4) is 12.1 Å². The van der Waals surface area contributed by atoms with Crippen LogP contribution in [0.25, 0.3) is 0 Å². The Hall–Kier alpha value is -2.07. The number of pyridine rings is 1. The second-order valence-electron chi connectivity index (χ2n) is 2.72. The molecule has 0 atom stereocenters. The van der Waals surface area contributed by atoms with Crippen LogP contribution in [0.1, 0.15) is 18.4 Å². The van der Waals surface area contributed by atoms with Crippen molar-refractivity contribution in [3.63, 3.8) is 0 Å². The molecule has 0 aliphatic rings. The first-order chi connectivity index (χ1) is 6.88. The first-order valence-corrected chi connectivity index (χ1v) is 4.33. The monoisotopic (exact) mass is 186 g/mol. The molecule has 0 spiro atoms. The molecule has 1 heterocycles. The van der Waals surface area contributed by atoms with Crippen LogP contribution in [0.4, 0.5) is 5.69 Å². The predicted octanol–water partition coefficient (Wildman–Crippen LogP) is 1.67. The highest BCUT2D eigenvalue weighted by Crippen LogP contribution is 2.11. The molecule has 1 aromatic rings. The normalized spacial score (nSPS) is 8.71. The van der Waals surface area contributed by atoms with Crippen LogP contribution < -0.4 is 5.32 Å². The third-order valence-electron chi connectivity index (χ3n) is 1.72. The lowest BCUT2D eigenvalue weighted by Crippen LogP contribution is -2.03. The molecule has 70 valence electrons. The van der Waals surface area contributed by atoms with Crippen LogP contribution in [-0.2, 0) is 0 Å². The molecule has 1 rings (SSSR count). The van der Waals surface area contributed by atoms with Gasteiger partial charge < -0.3 is 5.32 Å². The van der Waals surface area contributed by atoms with Gasteiger partial charge in [-0.1, -0.05) is 0 Å². The Bertz CT molecular complexity index is 372. The Morgan fingerprint density at radius 2 is 2.29 bits per heavy atom. The molecule has 1 N–H and O–H groups in total. The topological polar surface area (TPSA) is 72.5 Å². The summed E-state index contributed by atoms with van der Waals surface area (Å²) < 4.78 is 0. The summed E-state index contributed by atoms with van der Waals surface area (Å²) >= 11 is 0. The molecular weight excluding hydrogens is 176 g/mol. The number of rotatable bonds is 4. The standard InChI is InChI=1S/C10H10N4/c11-4-1-2-5-14-10-8-13-6-3-9(10)7-12/h3,6,8,14H,1-2,5H2. The number of anilines is 1. The van der Waals surface area contributed by atoms with Crippen molar-refractivity contribution in [3.05, 3.63) is 24.0 Å². The number of nitrogens with one attached hydrogen (secondary N) is 1. The summed E-state index contributed by atoms with van der Waals surface area (Å²) in [5.41, 5.74) is 1.31. The summed E-state index contributed by atoms with van der Waals surface area (Å²) in [6.45, 7) is 0.688. The summed E-state index contributed by atoms with van der Waals surface area (Å²) in [5, 5.41) is 20.1. The molecule has 4 heteroatoms. The van der Waals surface area contributed by atoms with Gasteiger partial charge in [0.15, 0.2) is 0 Å². The number of hydrogen-bond acceptors (Lipinski definition) is 4. The highest BCUT2D eigenvalue weighted by molar-refractivity contribution is 5.55. The number of nitriles is 2. The molecule has 1 aromatic heterocycles. The molecule has 0 bridgehead atoms. The van der Waals surface area contributed by atoms with Crippen LogP contribution in [0.2, 0.25) is 0 Å². The third-order valence-corrected chi connectivity index (χ3v) is 1.72. The van der Waals surface area contributed by atoms with E-state index < -0.39 is 0 Å². The molecule has 0 radical (unpaired) electrons. The van der Waals surface area contributed by atoms with Gasteiger partial charge in [-0.25, -0.2) is 0 Å². The lowest BCUT2D eigenvalue weighted by molar-refractivity contribution is 0.896. The zero-order valence-electron chi connectivity index (χ0n) is 7.70. The molecule has 0 aliphatic heterocycles. The van der Waals surface area contributed by atoms with Gasteiger partial charge in [-0.15, -0.1) is 0 Å². The van der Waals surface area contributed by atoms with Crippen molar-refractivity contribution in [1.29, 1.82) is 10.5 Å². The third kappa shape index (κ3) is 2.76. The van der Waals surface area contributed by atoms with E-state index in [4.69, 9.17) is 10.5 Å². The van der Waals surface area contributed by atoms with Crippen LogP contribution >= 0.6 is 0 Å². The minimum Gasteiger partial charge on any atom is -0.383 e. The Morgan fingerprint density at radius 3 is 3.00 bits per heavy atom. The predicted molar refractivity (Wildman–Crippen MR) is 52.3 cm³/mol. The maximum Gasteiger partial charge on any atom is 0.101 e. The molecule has 4 nitrogen and oxygen atoms in total. The smallest absolute Gasteiger partial charge is 0.101 e. The number of nitrogens with zero attached hydrogens (tertiary/aromatic N) is 3. The Balaban J connectivity index is 2.51. The summed E-state index contributed by atoms with van der Waals surface area (Å²) in [6.07, 6.45) is 4.50. The van der Waals surface area contributed by atoms with E-state index in [0.717, 1.165) is 12.1 Å². The van der Waals surface area contributed by atoms with E-state index in [0.29, 0.717) is 18.5 Å². The molecule has 0 unspecified atom stereocenters. The van der Waals surface area contributed by atoms with Gasteiger partial charge in [0.05, 0.1) is 23.5 Å². The van der Waals surface area contributed by atoms with Gasteiger partial charge in [-0.3, -0.25) is 4.98 Å². The zero-order valence-corrected chi connectivity index (χ0v) is 7.70. The van der Waals surface area contributed by atoms with Crippen molar-refractivity contribution in [2.75, 3.05) is 11.9 Å². The Kier molecular flexibility index (Phi) is 3.97. The average molecular weight is 186 g/mol. The SMILES string of the molecule is N#CCCCNc1cnccc1C#N. The van der Waals surface area contributed by atoms with Crippen molar-refractivity contribution < 1.29 is 0 Å². The second-order valence-corrected chi connectivity index (χ2v) is 2.72. The first-order valence-electron chi connectivity index (χ1n) is 4.33. The molecule has 14 heavy (non-hydrogen) atoms. The van der Waals surface area contributed by atoms with Crippen LogP contribution in [0.5, 0.6) is 0 Å². The van der Waals surface area contributed by atoms with Crippen LogP contribution in [0, 0.1) is 22.7 Å². The van der Waals surface area contributed by atoms with E-state index in [2.05, 4.69) is 22.4 Å². The van der Waals surface area contributed by atoms with Crippen LogP contribution in [0.3, 0.4) is 0 Å². The summed E-state index contributed by atoms with van der Waals surface area (Å²) in [7, 11) is 0. The summed E-state index contributed by atoms with van der Waals surface area (Å²) in [6, 6.07) is 5.79. The van der Waals surface area contributed by atoms with E-state index in [1.807, 2.05) is 0 Å². The van der Waals surface area contributed by atoms with Crippen LogP contribution in [-0.4, -0.2) is 11.5 Å². The fraction of sp³-hybridized carbons (Fsp3) is 0.300. The van der Waals surface area contributed by atoms with Gasteiger partial charge in [0, 0.05) is 19.2 Å². The highest BCUT2D eigenvalue weighted by Gasteiger charge is 1.98. The highest BCUT2D eigenvalue weighted by atomic mass is 14.9. The molecule has 0 aromatic carbocycles. The van der Waals surface area contributed by atoms with E-state index in [1.54, 1.807) is 18.5 Å².